The highest BCUT2D eigenvalue weighted by molar-refractivity contribution is 5.94. The zero-order chi connectivity index (χ0) is 19.2. The van der Waals surface area contributed by atoms with Crippen LogP contribution < -0.4 is 0 Å². The Kier molecular flexibility index (Phi) is 4.46. The monoisotopic (exact) mass is 378 g/mol. The zero-order valence-electron chi connectivity index (χ0n) is 15.0. The fraction of sp³-hybridized carbons (Fsp3) is 0.474. The number of hydrogen-bond donors (Lipinski definition) is 1. The molecule has 0 spiro atoms. The number of nitrogens with one attached hydrogen (secondary N) is 1. The highest BCUT2D eigenvalue weighted by Gasteiger charge is 2.37. The van der Waals surface area contributed by atoms with Gasteiger partial charge in [0, 0.05) is 31.7 Å². The van der Waals surface area contributed by atoms with Gasteiger partial charge in [0.1, 0.15) is 0 Å². The van der Waals surface area contributed by atoms with Gasteiger partial charge in [-0.15, -0.1) is 0 Å². The van der Waals surface area contributed by atoms with Gasteiger partial charge in [-0.2, -0.15) is 18.3 Å². The molecule has 1 amide bonds. The number of fused-ring (bicyclic) bond motifs is 1. The first-order valence-electron chi connectivity index (χ1n) is 9.04. The first-order chi connectivity index (χ1) is 12.8. The second kappa shape index (κ2) is 6.67. The van der Waals surface area contributed by atoms with Crippen LogP contribution in [0.5, 0.6) is 0 Å². The largest absolute Gasteiger partial charge is 0.416 e. The fourth-order valence-electron chi connectivity index (χ4n) is 4.13. The van der Waals surface area contributed by atoms with Crippen molar-refractivity contribution in [1.82, 2.24) is 20.0 Å². The first-order valence-corrected chi connectivity index (χ1v) is 9.04. The van der Waals surface area contributed by atoms with E-state index in [1.54, 1.807) is 17.0 Å². The van der Waals surface area contributed by atoms with Crippen LogP contribution in [0.1, 0.15) is 51.6 Å². The summed E-state index contributed by atoms with van der Waals surface area (Å²) >= 11 is 0. The number of alkyl halides is 3. The van der Waals surface area contributed by atoms with Gasteiger partial charge < -0.3 is 4.90 Å². The lowest BCUT2D eigenvalue weighted by atomic mass is 9.86. The Balaban J connectivity index is 1.47. The van der Waals surface area contributed by atoms with E-state index in [4.69, 9.17) is 0 Å². The van der Waals surface area contributed by atoms with Gasteiger partial charge in [0.25, 0.3) is 5.91 Å². The molecule has 2 aliphatic heterocycles. The Labute approximate surface area is 155 Å². The number of rotatable bonds is 2. The third-order valence-corrected chi connectivity index (χ3v) is 5.50. The summed E-state index contributed by atoms with van der Waals surface area (Å²) in [5.41, 5.74) is 2.12. The first kappa shape index (κ1) is 18.0. The lowest BCUT2D eigenvalue weighted by molar-refractivity contribution is -0.138. The number of aromatic nitrogens is 2. The average molecular weight is 378 g/mol. The van der Waals surface area contributed by atoms with Gasteiger partial charge in [-0.05, 0) is 37.4 Å². The third kappa shape index (κ3) is 3.34. The van der Waals surface area contributed by atoms with Crippen molar-refractivity contribution in [3.05, 3.63) is 52.3 Å². The van der Waals surface area contributed by atoms with Crippen LogP contribution in [0.2, 0.25) is 0 Å². The second-order valence-corrected chi connectivity index (χ2v) is 7.35. The van der Waals surface area contributed by atoms with E-state index in [0.717, 1.165) is 23.9 Å². The van der Waals surface area contributed by atoms with E-state index < -0.39 is 11.7 Å². The summed E-state index contributed by atoms with van der Waals surface area (Å²) in [6, 6.07) is 5.75. The Morgan fingerprint density at radius 3 is 2.59 bits per heavy atom. The van der Waals surface area contributed by atoms with E-state index in [1.165, 1.54) is 6.07 Å². The number of amides is 1. The number of aromatic amines is 1. The van der Waals surface area contributed by atoms with Crippen molar-refractivity contribution in [3.63, 3.8) is 0 Å². The average Bonchev–Trinajstić information content (AvgIpc) is 3.19. The van der Waals surface area contributed by atoms with Crippen LogP contribution in [-0.4, -0.2) is 46.0 Å². The highest BCUT2D eigenvalue weighted by Crippen LogP contribution is 2.38. The maximum absolute atomic E-state index is 13.3. The number of hydrogen-bond acceptors (Lipinski definition) is 3. The second-order valence-electron chi connectivity index (χ2n) is 7.35. The van der Waals surface area contributed by atoms with Crippen molar-refractivity contribution in [1.29, 1.82) is 0 Å². The summed E-state index contributed by atoms with van der Waals surface area (Å²) < 4.78 is 39.8. The van der Waals surface area contributed by atoms with Crippen molar-refractivity contribution >= 4 is 5.91 Å². The molecule has 0 radical (unpaired) electrons. The SMILES string of the molecule is CN1Cc2[nH]nc(C(=O)N3CCC(c4ccccc4C(F)(F)F)CC3)c2C1. The number of H-pyrrole nitrogens is 1. The molecule has 1 N–H and O–H groups in total. The van der Waals surface area contributed by atoms with Gasteiger partial charge in [0.15, 0.2) is 5.69 Å². The predicted molar refractivity (Wildman–Crippen MR) is 93.1 cm³/mol. The molecule has 0 saturated carbocycles. The molecule has 2 aliphatic rings. The summed E-state index contributed by atoms with van der Waals surface area (Å²) in [6.07, 6.45) is -3.32. The molecule has 1 aromatic carbocycles. The van der Waals surface area contributed by atoms with Gasteiger partial charge in [0.05, 0.1) is 11.3 Å². The van der Waals surface area contributed by atoms with E-state index in [0.29, 0.717) is 43.7 Å². The maximum Gasteiger partial charge on any atom is 0.416 e. The molecule has 0 unspecified atom stereocenters. The van der Waals surface area contributed by atoms with Crippen LogP contribution in [0.3, 0.4) is 0 Å². The number of benzene rings is 1. The molecule has 2 aromatic rings. The minimum Gasteiger partial charge on any atom is -0.337 e. The summed E-state index contributed by atoms with van der Waals surface area (Å²) in [5, 5.41) is 7.11. The number of likely N-dealkylation sites (tertiary alicyclic amines) is 1. The molecule has 1 aromatic heterocycles. The van der Waals surface area contributed by atoms with E-state index in [2.05, 4.69) is 15.1 Å². The van der Waals surface area contributed by atoms with Gasteiger partial charge in [-0.1, -0.05) is 18.2 Å². The van der Waals surface area contributed by atoms with Crippen molar-refractivity contribution in [2.45, 2.75) is 38.0 Å². The molecule has 0 atom stereocenters. The van der Waals surface area contributed by atoms with Gasteiger partial charge in [-0.3, -0.25) is 14.8 Å². The van der Waals surface area contributed by atoms with Crippen LogP contribution in [0.15, 0.2) is 24.3 Å². The number of piperidine rings is 1. The van der Waals surface area contributed by atoms with Crippen molar-refractivity contribution in [2.24, 2.45) is 0 Å². The predicted octanol–water partition coefficient (Wildman–Crippen LogP) is 3.39. The van der Waals surface area contributed by atoms with E-state index in [9.17, 15) is 18.0 Å². The molecule has 1 saturated heterocycles. The Bertz CT molecular complexity index is 853. The molecule has 0 bridgehead atoms. The Hall–Kier alpha value is -2.35. The van der Waals surface area contributed by atoms with Crippen LogP contribution >= 0.6 is 0 Å². The number of nitrogens with zero attached hydrogens (tertiary/aromatic N) is 3. The topological polar surface area (TPSA) is 52.2 Å². The fourth-order valence-corrected chi connectivity index (χ4v) is 4.13. The summed E-state index contributed by atoms with van der Waals surface area (Å²) in [6.45, 7) is 2.30. The Morgan fingerprint density at radius 2 is 1.89 bits per heavy atom. The number of halogens is 3. The number of carbonyl (C=O) groups is 1. The molecule has 8 heteroatoms. The van der Waals surface area contributed by atoms with Gasteiger partial charge in [0.2, 0.25) is 0 Å². The minimum absolute atomic E-state index is 0.134. The molecule has 5 nitrogen and oxygen atoms in total. The van der Waals surface area contributed by atoms with E-state index in [1.807, 2.05) is 7.05 Å². The molecule has 144 valence electrons. The zero-order valence-corrected chi connectivity index (χ0v) is 15.0. The summed E-state index contributed by atoms with van der Waals surface area (Å²) in [4.78, 5) is 16.6. The molecular formula is C19H21F3N4O. The van der Waals surface area contributed by atoms with Crippen molar-refractivity contribution in [3.8, 4) is 0 Å². The molecule has 4 rings (SSSR count). The normalized spacial score (nSPS) is 18.7. The molecular weight excluding hydrogens is 357 g/mol. The van der Waals surface area contributed by atoms with E-state index in [-0.39, 0.29) is 11.8 Å². The van der Waals surface area contributed by atoms with Crippen LogP contribution in [0, 0.1) is 0 Å². The van der Waals surface area contributed by atoms with Crippen molar-refractivity contribution in [2.75, 3.05) is 20.1 Å². The quantitative estimate of drug-likeness (QED) is 0.872. The molecule has 3 heterocycles. The minimum atomic E-state index is -4.36. The molecule has 0 aliphatic carbocycles. The van der Waals surface area contributed by atoms with E-state index >= 15 is 0 Å². The summed E-state index contributed by atoms with van der Waals surface area (Å²) in [5.74, 6) is -0.326. The van der Waals surface area contributed by atoms with Crippen LogP contribution in [-0.2, 0) is 19.3 Å². The maximum atomic E-state index is 13.3. The Morgan fingerprint density at radius 1 is 1.19 bits per heavy atom. The number of carbonyl (C=O) groups excluding carboxylic acids is 1. The van der Waals surface area contributed by atoms with Crippen molar-refractivity contribution < 1.29 is 18.0 Å². The van der Waals surface area contributed by atoms with Crippen LogP contribution in [0.25, 0.3) is 0 Å². The lowest BCUT2D eigenvalue weighted by Gasteiger charge is -2.33. The smallest absolute Gasteiger partial charge is 0.337 e. The molecule has 27 heavy (non-hydrogen) atoms. The van der Waals surface area contributed by atoms with Crippen LogP contribution in [0.4, 0.5) is 13.2 Å². The lowest BCUT2D eigenvalue weighted by Crippen LogP contribution is -2.38. The third-order valence-electron chi connectivity index (χ3n) is 5.50. The van der Waals surface area contributed by atoms with Gasteiger partial charge in [-0.25, -0.2) is 0 Å². The standard InChI is InChI=1S/C19H21F3N4O/c1-25-10-14-16(11-25)23-24-17(14)18(27)26-8-6-12(7-9-26)13-4-2-3-5-15(13)19(20,21)22/h2-5,12H,6-11H2,1H3,(H,23,24). The molecule has 1 fully saturated rings. The summed E-state index contributed by atoms with van der Waals surface area (Å²) in [7, 11) is 1.98. The highest BCUT2D eigenvalue weighted by atomic mass is 19.4. The van der Waals surface area contributed by atoms with Gasteiger partial charge >= 0.3 is 6.18 Å².